The lowest BCUT2D eigenvalue weighted by Crippen LogP contribution is -1.83. The number of nitrogens with zero attached hydrogens (tertiary/aromatic N) is 1. The molecule has 0 aliphatic carbocycles. The van der Waals surface area contributed by atoms with Gasteiger partial charge in [-0.1, -0.05) is 31.8 Å². The van der Waals surface area contributed by atoms with Gasteiger partial charge >= 0.3 is 0 Å². The SMILES string of the molecule is CCCCCCC(C)=C(C)C#N. The van der Waals surface area contributed by atoms with Crippen molar-refractivity contribution in [2.45, 2.75) is 52.9 Å². The molecule has 0 atom stereocenters. The van der Waals surface area contributed by atoms with Crippen molar-refractivity contribution in [3.8, 4) is 6.07 Å². The number of allylic oxidation sites excluding steroid dienone is 2. The third-order valence-electron chi connectivity index (χ3n) is 2.21. The largest absolute Gasteiger partial charge is 0.193 e. The molecule has 0 saturated carbocycles. The third kappa shape index (κ3) is 4.96. The molecule has 0 fully saturated rings. The molecule has 0 aromatic heterocycles. The van der Waals surface area contributed by atoms with Gasteiger partial charge in [0.15, 0.2) is 0 Å². The van der Waals surface area contributed by atoms with Gasteiger partial charge in [0.1, 0.15) is 0 Å². The second kappa shape index (κ2) is 6.91. The Morgan fingerprint density at radius 1 is 1.17 bits per heavy atom. The molecule has 68 valence electrons. The van der Waals surface area contributed by atoms with Crippen LogP contribution in [0.2, 0.25) is 0 Å². The van der Waals surface area contributed by atoms with Crippen LogP contribution in [0.5, 0.6) is 0 Å². The van der Waals surface area contributed by atoms with Crippen molar-refractivity contribution in [3.63, 3.8) is 0 Å². The molecule has 0 heterocycles. The summed E-state index contributed by atoms with van der Waals surface area (Å²) in [6, 6.07) is 2.19. The highest BCUT2D eigenvalue weighted by Gasteiger charge is 1.95. The highest BCUT2D eigenvalue weighted by molar-refractivity contribution is 5.23. The van der Waals surface area contributed by atoms with E-state index in [1.165, 1.54) is 31.3 Å². The van der Waals surface area contributed by atoms with E-state index in [1.54, 1.807) is 0 Å². The van der Waals surface area contributed by atoms with Gasteiger partial charge in [-0.05, 0) is 26.7 Å². The van der Waals surface area contributed by atoms with E-state index in [0.29, 0.717) is 0 Å². The molecule has 0 amide bonds. The molecule has 0 bridgehead atoms. The van der Waals surface area contributed by atoms with Crippen LogP contribution in [-0.4, -0.2) is 0 Å². The zero-order valence-corrected chi connectivity index (χ0v) is 8.48. The lowest BCUT2D eigenvalue weighted by molar-refractivity contribution is 0.663. The molecular weight excluding hydrogens is 146 g/mol. The molecule has 0 radical (unpaired) electrons. The molecule has 0 spiro atoms. The Labute approximate surface area is 76.1 Å². The van der Waals surface area contributed by atoms with Gasteiger partial charge in [-0.15, -0.1) is 0 Å². The molecule has 1 nitrogen and oxygen atoms in total. The van der Waals surface area contributed by atoms with Gasteiger partial charge in [0, 0.05) is 5.57 Å². The number of hydrogen-bond donors (Lipinski definition) is 0. The third-order valence-corrected chi connectivity index (χ3v) is 2.21. The molecule has 0 aromatic rings. The lowest BCUT2D eigenvalue weighted by atomic mass is 10.0. The molecule has 0 aromatic carbocycles. The van der Waals surface area contributed by atoms with Crippen LogP contribution in [0.25, 0.3) is 0 Å². The van der Waals surface area contributed by atoms with Crippen LogP contribution >= 0.6 is 0 Å². The van der Waals surface area contributed by atoms with Crippen LogP contribution in [0.3, 0.4) is 0 Å². The van der Waals surface area contributed by atoms with Crippen molar-refractivity contribution in [3.05, 3.63) is 11.1 Å². The van der Waals surface area contributed by atoms with Crippen molar-refractivity contribution in [1.82, 2.24) is 0 Å². The first kappa shape index (κ1) is 11.2. The van der Waals surface area contributed by atoms with Gasteiger partial charge in [0.05, 0.1) is 6.07 Å². The van der Waals surface area contributed by atoms with E-state index in [0.717, 1.165) is 12.0 Å². The van der Waals surface area contributed by atoms with Crippen LogP contribution in [0, 0.1) is 11.3 Å². The van der Waals surface area contributed by atoms with Crippen molar-refractivity contribution in [2.24, 2.45) is 0 Å². The Kier molecular flexibility index (Phi) is 6.47. The van der Waals surface area contributed by atoms with Gasteiger partial charge in [-0.25, -0.2) is 0 Å². The maximum atomic E-state index is 8.60. The van der Waals surface area contributed by atoms with Crippen molar-refractivity contribution >= 4 is 0 Å². The summed E-state index contributed by atoms with van der Waals surface area (Å²) in [5, 5.41) is 8.60. The highest BCUT2D eigenvalue weighted by atomic mass is 14.2. The van der Waals surface area contributed by atoms with Gasteiger partial charge in [-0.2, -0.15) is 5.26 Å². The standard InChI is InChI=1S/C11H19N/c1-4-5-6-7-8-10(2)11(3)9-12/h4-8H2,1-3H3. The first-order valence-electron chi connectivity index (χ1n) is 4.78. The van der Waals surface area contributed by atoms with Gasteiger partial charge in [0.2, 0.25) is 0 Å². The van der Waals surface area contributed by atoms with E-state index in [9.17, 15) is 0 Å². The molecule has 0 saturated heterocycles. The van der Waals surface area contributed by atoms with Crippen molar-refractivity contribution < 1.29 is 0 Å². The average Bonchev–Trinajstić information content (AvgIpc) is 2.10. The summed E-state index contributed by atoms with van der Waals surface area (Å²) >= 11 is 0. The summed E-state index contributed by atoms with van der Waals surface area (Å²) in [5.74, 6) is 0. The number of rotatable bonds is 5. The number of unbranched alkanes of at least 4 members (excludes halogenated alkanes) is 3. The summed E-state index contributed by atoms with van der Waals surface area (Å²) in [4.78, 5) is 0. The van der Waals surface area contributed by atoms with E-state index in [4.69, 9.17) is 5.26 Å². The van der Waals surface area contributed by atoms with E-state index in [2.05, 4.69) is 19.9 Å². The van der Waals surface area contributed by atoms with Crippen LogP contribution < -0.4 is 0 Å². The Bertz CT molecular complexity index is 184. The fourth-order valence-electron chi connectivity index (χ4n) is 1.10. The molecule has 0 unspecified atom stereocenters. The minimum Gasteiger partial charge on any atom is -0.193 e. The maximum absolute atomic E-state index is 8.60. The molecule has 0 aliphatic heterocycles. The molecule has 0 N–H and O–H groups in total. The minimum atomic E-state index is 0.895. The van der Waals surface area contributed by atoms with Gasteiger partial charge in [-0.3, -0.25) is 0 Å². The summed E-state index contributed by atoms with van der Waals surface area (Å²) in [6.07, 6.45) is 6.23. The van der Waals surface area contributed by atoms with E-state index < -0.39 is 0 Å². The Morgan fingerprint density at radius 3 is 2.33 bits per heavy atom. The monoisotopic (exact) mass is 165 g/mol. The van der Waals surface area contributed by atoms with Gasteiger partial charge in [0.25, 0.3) is 0 Å². The fourth-order valence-corrected chi connectivity index (χ4v) is 1.10. The minimum absolute atomic E-state index is 0.895. The van der Waals surface area contributed by atoms with Crippen LogP contribution in [-0.2, 0) is 0 Å². The van der Waals surface area contributed by atoms with Crippen LogP contribution in [0.4, 0.5) is 0 Å². The van der Waals surface area contributed by atoms with E-state index in [1.807, 2.05) is 6.92 Å². The Hall–Kier alpha value is -0.770. The number of hydrogen-bond acceptors (Lipinski definition) is 1. The second-order valence-corrected chi connectivity index (χ2v) is 3.33. The van der Waals surface area contributed by atoms with Gasteiger partial charge < -0.3 is 0 Å². The second-order valence-electron chi connectivity index (χ2n) is 3.33. The summed E-state index contributed by atoms with van der Waals surface area (Å²) in [5.41, 5.74) is 2.15. The zero-order valence-electron chi connectivity index (χ0n) is 8.48. The molecule has 12 heavy (non-hydrogen) atoms. The predicted molar refractivity (Wildman–Crippen MR) is 52.7 cm³/mol. The highest BCUT2D eigenvalue weighted by Crippen LogP contribution is 2.12. The van der Waals surface area contributed by atoms with E-state index >= 15 is 0 Å². The lowest BCUT2D eigenvalue weighted by Gasteiger charge is -2.01. The fraction of sp³-hybridized carbons (Fsp3) is 0.727. The first-order chi connectivity index (χ1) is 5.72. The topological polar surface area (TPSA) is 23.8 Å². The summed E-state index contributed by atoms with van der Waals surface area (Å²) in [7, 11) is 0. The van der Waals surface area contributed by atoms with E-state index in [-0.39, 0.29) is 0 Å². The molecular formula is C11H19N. The Morgan fingerprint density at radius 2 is 1.83 bits per heavy atom. The molecule has 0 aliphatic rings. The summed E-state index contributed by atoms with van der Waals surface area (Å²) in [6.45, 7) is 6.17. The summed E-state index contributed by atoms with van der Waals surface area (Å²) < 4.78 is 0. The maximum Gasteiger partial charge on any atom is 0.0943 e. The Balaban J connectivity index is 3.58. The van der Waals surface area contributed by atoms with Crippen LogP contribution in [0.15, 0.2) is 11.1 Å². The van der Waals surface area contributed by atoms with Crippen molar-refractivity contribution in [2.75, 3.05) is 0 Å². The van der Waals surface area contributed by atoms with Crippen molar-refractivity contribution in [1.29, 1.82) is 5.26 Å². The predicted octanol–water partition coefficient (Wildman–Crippen LogP) is 3.82. The number of nitriles is 1. The molecule has 1 heteroatoms. The normalized spacial score (nSPS) is 12.2. The average molecular weight is 165 g/mol. The zero-order chi connectivity index (χ0) is 9.40. The van der Waals surface area contributed by atoms with Crippen LogP contribution in [0.1, 0.15) is 52.9 Å². The first-order valence-corrected chi connectivity index (χ1v) is 4.78. The quantitative estimate of drug-likeness (QED) is 0.449. The smallest absolute Gasteiger partial charge is 0.0943 e. The molecule has 0 rings (SSSR count).